The van der Waals surface area contributed by atoms with Crippen LogP contribution in [0.5, 0.6) is 0 Å². The van der Waals surface area contributed by atoms with E-state index in [1.807, 2.05) is 20.8 Å². The fraction of sp³-hybridized carbons (Fsp3) is 0.579. The zero-order chi connectivity index (χ0) is 18.0. The predicted octanol–water partition coefficient (Wildman–Crippen LogP) is 3.48. The first kappa shape index (κ1) is 18.4. The zero-order valence-electron chi connectivity index (χ0n) is 14.8. The summed E-state index contributed by atoms with van der Waals surface area (Å²) in [5.74, 6) is -1.26. The van der Waals surface area contributed by atoms with Gasteiger partial charge in [-0.3, -0.25) is 9.59 Å². The Kier molecular flexibility index (Phi) is 5.31. The highest BCUT2D eigenvalue weighted by Crippen LogP contribution is 2.43. The Bertz CT molecular complexity index is 615. The molecular weight excluding hydrogens is 309 g/mol. The average molecular weight is 335 g/mol. The van der Waals surface area contributed by atoms with Crippen LogP contribution in [0.2, 0.25) is 0 Å². The molecular formula is C19H26FNO3. The van der Waals surface area contributed by atoms with Gasteiger partial charge < -0.3 is 10.1 Å². The molecule has 1 fully saturated rings. The Morgan fingerprint density at radius 2 is 1.79 bits per heavy atom. The average Bonchev–Trinajstić information content (AvgIpc) is 2.96. The van der Waals surface area contributed by atoms with Gasteiger partial charge in [0.05, 0.1) is 5.41 Å². The summed E-state index contributed by atoms with van der Waals surface area (Å²) in [6, 6.07) is 6.33. The lowest BCUT2D eigenvalue weighted by Gasteiger charge is -2.30. The molecule has 0 bridgehead atoms. The summed E-state index contributed by atoms with van der Waals surface area (Å²) in [6.45, 7) is 7.12. The van der Waals surface area contributed by atoms with Crippen LogP contribution in [0.15, 0.2) is 24.3 Å². The van der Waals surface area contributed by atoms with Gasteiger partial charge >= 0.3 is 5.97 Å². The third kappa shape index (κ3) is 3.94. The SMILES string of the molecule is C[C@@H](OC(=O)C1(c2ccccc2F)CCCC1)C(=O)NC(C)(C)C. The molecule has 0 aliphatic heterocycles. The van der Waals surface area contributed by atoms with Crippen LogP contribution in [-0.2, 0) is 19.7 Å². The number of carbonyl (C=O) groups excluding carboxylic acids is 2. The van der Waals surface area contributed by atoms with Gasteiger partial charge in [-0.1, -0.05) is 31.0 Å². The molecule has 1 saturated carbocycles. The number of hydrogen-bond donors (Lipinski definition) is 1. The van der Waals surface area contributed by atoms with Crippen LogP contribution in [0.25, 0.3) is 0 Å². The van der Waals surface area contributed by atoms with E-state index in [9.17, 15) is 14.0 Å². The molecule has 1 amide bonds. The van der Waals surface area contributed by atoms with Crippen molar-refractivity contribution >= 4 is 11.9 Å². The van der Waals surface area contributed by atoms with Crippen molar-refractivity contribution in [3.63, 3.8) is 0 Å². The Labute approximate surface area is 142 Å². The molecule has 1 aromatic carbocycles. The van der Waals surface area contributed by atoms with E-state index in [2.05, 4.69) is 5.32 Å². The van der Waals surface area contributed by atoms with Gasteiger partial charge in [0, 0.05) is 11.1 Å². The first-order valence-corrected chi connectivity index (χ1v) is 8.44. The minimum Gasteiger partial charge on any atom is -0.452 e. The quantitative estimate of drug-likeness (QED) is 0.857. The van der Waals surface area contributed by atoms with Crippen molar-refractivity contribution in [3.8, 4) is 0 Å². The number of rotatable bonds is 4. The van der Waals surface area contributed by atoms with Crippen molar-refractivity contribution in [2.45, 2.75) is 70.4 Å². The second kappa shape index (κ2) is 6.91. The van der Waals surface area contributed by atoms with Crippen LogP contribution in [0.4, 0.5) is 4.39 Å². The van der Waals surface area contributed by atoms with Crippen LogP contribution < -0.4 is 5.32 Å². The normalized spacial score (nSPS) is 18.0. The molecule has 1 N–H and O–H groups in total. The minimum absolute atomic E-state index is 0.350. The molecule has 24 heavy (non-hydrogen) atoms. The second-order valence-electron chi connectivity index (χ2n) is 7.56. The maximum atomic E-state index is 14.3. The van der Waals surface area contributed by atoms with Crippen LogP contribution in [0, 0.1) is 5.82 Å². The maximum absolute atomic E-state index is 14.3. The van der Waals surface area contributed by atoms with E-state index in [0.29, 0.717) is 18.4 Å². The number of ether oxygens (including phenoxy) is 1. The van der Waals surface area contributed by atoms with Crippen molar-refractivity contribution < 1.29 is 18.7 Å². The highest BCUT2D eigenvalue weighted by molar-refractivity contribution is 5.88. The maximum Gasteiger partial charge on any atom is 0.317 e. The molecule has 4 nitrogen and oxygen atoms in total. The predicted molar refractivity (Wildman–Crippen MR) is 90.0 cm³/mol. The van der Waals surface area contributed by atoms with Gasteiger partial charge in [0.1, 0.15) is 5.82 Å². The molecule has 0 unspecified atom stereocenters. The van der Waals surface area contributed by atoms with Crippen molar-refractivity contribution in [3.05, 3.63) is 35.6 Å². The summed E-state index contributed by atoms with van der Waals surface area (Å²) in [6.07, 6.45) is 1.85. The first-order valence-electron chi connectivity index (χ1n) is 8.44. The molecule has 1 aromatic rings. The Balaban J connectivity index is 2.19. The summed E-state index contributed by atoms with van der Waals surface area (Å²) in [4.78, 5) is 25.0. The van der Waals surface area contributed by atoms with Gasteiger partial charge in [-0.25, -0.2) is 4.39 Å². The van der Waals surface area contributed by atoms with E-state index in [-0.39, 0.29) is 5.91 Å². The summed E-state index contributed by atoms with van der Waals surface area (Å²) in [5, 5.41) is 2.79. The van der Waals surface area contributed by atoms with E-state index in [4.69, 9.17) is 4.74 Å². The highest BCUT2D eigenvalue weighted by Gasteiger charge is 2.46. The standard InChI is InChI=1S/C19H26FNO3/c1-13(16(22)21-18(2,3)4)24-17(23)19(11-7-8-12-19)14-9-5-6-10-15(14)20/h5-6,9-10,13H,7-8,11-12H2,1-4H3,(H,21,22)/t13-/m1/s1. The van der Waals surface area contributed by atoms with Crippen LogP contribution in [0.3, 0.4) is 0 Å². The lowest BCUT2D eigenvalue weighted by molar-refractivity contribution is -0.161. The smallest absolute Gasteiger partial charge is 0.317 e. The Morgan fingerprint density at radius 1 is 1.21 bits per heavy atom. The summed E-state index contributed by atoms with van der Waals surface area (Å²) < 4.78 is 19.7. The van der Waals surface area contributed by atoms with Gasteiger partial charge in [0.25, 0.3) is 5.91 Å². The molecule has 1 aliphatic carbocycles. The number of amides is 1. The molecule has 0 heterocycles. The molecule has 2 rings (SSSR count). The van der Waals surface area contributed by atoms with E-state index >= 15 is 0 Å². The molecule has 0 saturated heterocycles. The summed E-state index contributed by atoms with van der Waals surface area (Å²) in [5.41, 5.74) is -1.02. The number of carbonyl (C=O) groups is 2. The van der Waals surface area contributed by atoms with E-state index in [1.165, 1.54) is 6.07 Å². The molecule has 0 radical (unpaired) electrons. The van der Waals surface area contributed by atoms with Crippen molar-refractivity contribution in [1.29, 1.82) is 0 Å². The number of nitrogens with one attached hydrogen (secondary N) is 1. The van der Waals surface area contributed by atoms with Crippen molar-refractivity contribution in [2.75, 3.05) is 0 Å². The zero-order valence-corrected chi connectivity index (χ0v) is 14.8. The van der Waals surface area contributed by atoms with Gasteiger partial charge in [-0.15, -0.1) is 0 Å². The first-order chi connectivity index (χ1) is 11.2. The fourth-order valence-electron chi connectivity index (χ4n) is 3.21. The van der Waals surface area contributed by atoms with Crippen molar-refractivity contribution in [2.24, 2.45) is 0 Å². The second-order valence-corrected chi connectivity index (χ2v) is 7.56. The van der Waals surface area contributed by atoms with Gasteiger partial charge in [-0.2, -0.15) is 0 Å². The van der Waals surface area contributed by atoms with Crippen LogP contribution in [-0.4, -0.2) is 23.5 Å². The topological polar surface area (TPSA) is 55.4 Å². The highest BCUT2D eigenvalue weighted by atomic mass is 19.1. The third-order valence-electron chi connectivity index (χ3n) is 4.39. The van der Waals surface area contributed by atoms with Gasteiger partial charge in [0.15, 0.2) is 6.10 Å². The fourth-order valence-corrected chi connectivity index (χ4v) is 3.21. The van der Waals surface area contributed by atoms with Crippen molar-refractivity contribution in [1.82, 2.24) is 5.32 Å². The van der Waals surface area contributed by atoms with E-state index < -0.39 is 28.8 Å². The number of hydrogen-bond acceptors (Lipinski definition) is 3. The monoisotopic (exact) mass is 335 g/mol. The number of halogens is 1. The number of esters is 1. The van der Waals surface area contributed by atoms with Crippen LogP contribution in [0.1, 0.15) is 58.9 Å². The molecule has 1 atom stereocenters. The van der Waals surface area contributed by atoms with E-state index in [1.54, 1.807) is 25.1 Å². The molecule has 5 heteroatoms. The van der Waals surface area contributed by atoms with E-state index in [0.717, 1.165) is 12.8 Å². The minimum atomic E-state index is -0.985. The summed E-state index contributed by atoms with van der Waals surface area (Å²) >= 11 is 0. The Morgan fingerprint density at radius 3 is 2.33 bits per heavy atom. The lowest BCUT2D eigenvalue weighted by atomic mass is 9.78. The largest absolute Gasteiger partial charge is 0.452 e. The number of benzene rings is 1. The van der Waals surface area contributed by atoms with Crippen LogP contribution >= 0.6 is 0 Å². The molecule has 0 aromatic heterocycles. The molecule has 132 valence electrons. The lowest BCUT2D eigenvalue weighted by Crippen LogP contribution is -2.48. The third-order valence-corrected chi connectivity index (χ3v) is 4.39. The summed E-state index contributed by atoms with van der Waals surface area (Å²) in [7, 11) is 0. The van der Waals surface area contributed by atoms with Gasteiger partial charge in [-0.05, 0) is 46.6 Å². The Hall–Kier alpha value is -1.91. The van der Waals surface area contributed by atoms with Gasteiger partial charge in [0.2, 0.25) is 0 Å². The molecule has 0 spiro atoms. The molecule has 1 aliphatic rings.